The lowest BCUT2D eigenvalue weighted by Crippen LogP contribution is -2.19. The lowest BCUT2D eigenvalue weighted by molar-refractivity contribution is 0.102. The van der Waals surface area contributed by atoms with E-state index in [2.05, 4.69) is 31.1 Å². The van der Waals surface area contributed by atoms with Crippen molar-refractivity contribution < 1.29 is 4.79 Å². The summed E-state index contributed by atoms with van der Waals surface area (Å²) >= 11 is 3.46. The Kier molecular flexibility index (Phi) is 4.43. The lowest BCUT2D eigenvalue weighted by Gasteiger charge is -2.17. The van der Waals surface area contributed by atoms with Gasteiger partial charge in [-0.2, -0.15) is 0 Å². The molecule has 1 aromatic heterocycles. The average molecular weight is 360 g/mol. The lowest BCUT2D eigenvalue weighted by atomic mass is 10.2. The van der Waals surface area contributed by atoms with Gasteiger partial charge in [0.15, 0.2) is 0 Å². The first kappa shape index (κ1) is 15.0. The highest BCUT2D eigenvalue weighted by Crippen LogP contribution is 2.22. The molecule has 0 saturated carbocycles. The van der Waals surface area contributed by atoms with Crippen LogP contribution in [-0.4, -0.2) is 24.0 Å². The molecule has 0 bridgehead atoms. The van der Waals surface area contributed by atoms with Crippen LogP contribution in [0.4, 0.5) is 11.4 Å². The number of carbonyl (C=O) groups excluding carboxylic acids is 1. The van der Waals surface area contributed by atoms with Crippen LogP contribution < -0.4 is 10.2 Å². The molecule has 2 heterocycles. The van der Waals surface area contributed by atoms with Crippen molar-refractivity contribution in [3.8, 4) is 0 Å². The van der Waals surface area contributed by atoms with Gasteiger partial charge in [0, 0.05) is 29.4 Å². The van der Waals surface area contributed by atoms with Crippen molar-refractivity contribution in [1.29, 1.82) is 0 Å². The zero-order valence-corrected chi connectivity index (χ0v) is 14.1. The van der Waals surface area contributed by atoms with Gasteiger partial charge >= 0.3 is 0 Å². The molecule has 0 aliphatic carbocycles. The van der Waals surface area contributed by atoms with Crippen LogP contribution in [0.3, 0.4) is 0 Å². The second-order valence-corrected chi connectivity index (χ2v) is 6.40. The number of nitrogens with zero attached hydrogens (tertiary/aromatic N) is 2. The van der Waals surface area contributed by atoms with Crippen LogP contribution in [-0.2, 0) is 0 Å². The molecular weight excluding hydrogens is 342 g/mol. The molecule has 1 saturated heterocycles. The first-order valence-corrected chi connectivity index (χ1v) is 8.20. The molecule has 5 heteroatoms. The zero-order valence-electron chi connectivity index (χ0n) is 12.5. The van der Waals surface area contributed by atoms with E-state index in [4.69, 9.17) is 0 Å². The topological polar surface area (TPSA) is 45.2 Å². The highest BCUT2D eigenvalue weighted by molar-refractivity contribution is 9.10. The minimum Gasteiger partial charge on any atom is -0.370 e. The molecule has 1 fully saturated rings. The van der Waals surface area contributed by atoms with Gasteiger partial charge in [-0.1, -0.05) is 15.9 Å². The fraction of sp³-hybridized carbons (Fsp3) is 0.294. The molecule has 114 valence electrons. The van der Waals surface area contributed by atoms with Crippen molar-refractivity contribution in [1.82, 2.24) is 4.98 Å². The van der Waals surface area contributed by atoms with Gasteiger partial charge in [0.1, 0.15) is 0 Å². The van der Waals surface area contributed by atoms with E-state index in [0.29, 0.717) is 5.56 Å². The highest BCUT2D eigenvalue weighted by atomic mass is 79.9. The Hall–Kier alpha value is -1.88. The number of benzene rings is 1. The second kappa shape index (κ2) is 6.48. The average Bonchev–Trinajstić information content (AvgIpc) is 3.05. The number of hydrogen-bond acceptors (Lipinski definition) is 3. The Morgan fingerprint density at radius 1 is 1.23 bits per heavy atom. The number of halogens is 1. The number of anilines is 2. The molecule has 1 N–H and O–H groups in total. The maximum absolute atomic E-state index is 12.4. The number of amides is 1. The molecule has 22 heavy (non-hydrogen) atoms. The van der Waals surface area contributed by atoms with Gasteiger partial charge in [0.25, 0.3) is 5.91 Å². The molecule has 3 rings (SSSR count). The van der Waals surface area contributed by atoms with Crippen LogP contribution in [0.2, 0.25) is 0 Å². The quantitative estimate of drug-likeness (QED) is 0.900. The van der Waals surface area contributed by atoms with Gasteiger partial charge < -0.3 is 10.2 Å². The fourth-order valence-electron chi connectivity index (χ4n) is 2.63. The standard InChI is InChI=1S/C17H18BrN3O/c1-12-8-14(4-5-16(12)18)20-17(22)13-9-15(11-19-10-13)21-6-2-3-7-21/h4-5,8-11H,2-3,6-7H2,1H3,(H,20,22). The maximum atomic E-state index is 12.4. The van der Waals surface area contributed by atoms with E-state index in [0.717, 1.165) is 34.5 Å². The smallest absolute Gasteiger partial charge is 0.257 e. The van der Waals surface area contributed by atoms with Crippen LogP contribution in [0, 0.1) is 6.92 Å². The monoisotopic (exact) mass is 359 g/mol. The minimum absolute atomic E-state index is 0.129. The van der Waals surface area contributed by atoms with Gasteiger partial charge in [-0.05, 0) is 49.6 Å². The third kappa shape index (κ3) is 3.30. The molecule has 0 atom stereocenters. The fourth-order valence-corrected chi connectivity index (χ4v) is 2.87. The van der Waals surface area contributed by atoms with E-state index in [1.165, 1.54) is 12.8 Å². The van der Waals surface area contributed by atoms with E-state index >= 15 is 0 Å². The summed E-state index contributed by atoms with van der Waals surface area (Å²) < 4.78 is 1.03. The van der Waals surface area contributed by atoms with E-state index in [1.807, 2.05) is 37.4 Å². The normalized spacial score (nSPS) is 14.2. The van der Waals surface area contributed by atoms with Crippen molar-refractivity contribution in [2.75, 3.05) is 23.3 Å². The Morgan fingerprint density at radius 3 is 2.73 bits per heavy atom. The molecule has 1 aliphatic heterocycles. The molecule has 1 amide bonds. The van der Waals surface area contributed by atoms with Gasteiger partial charge in [0.05, 0.1) is 17.4 Å². The van der Waals surface area contributed by atoms with Crippen molar-refractivity contribution >= 4 is 33.2 Å². The van der Waals surface area contributed by atoms with Crippen molar-refractivity contribution in [3.05, 3.63) is 52.3 Å². The number of hydrogen-bond donors (Lipinski definition) is 1. The number of aryl methyl sites for hydroxylation is 1. The van der Waals surface area contributed by atoms with E-state index in [-0.39, 0.29) is 5.91 Å². The molecule has 1 aromatic carbocycles. The van der Waals surface area contributed by atoms with Gasteiger partial charge in [-0.3, -0.25) is 9.78 Å². The van der Waals surface area contributed by atoms with E-state index in [9.17, 15) is 4.79 Å². The Balaban J connectivity index is 1.76. The molecule has 2 aromatic rings. The Bertz CT molecular complexity index is 696. The van der Waals surface area contributed by atoms with E-state index < -0.39 is 0 Å². The van der Waals surface area contributed by atoms with Gasteiger partial charge in [0.2, 0.25) is 0 Å². The van der Waals surface area contributed by atoms with Gasteiger partial charge in [-0.15, -0.1) is 0 Å². The molecule has 1 aliphatic rings. The van der Waals surface area contributed by atoms with Crippen LogP contribution in [0.5, 0.6) is 0 Å². The SMILES string of the molecule is Cc1cc(NC(=O)c2cncc(N3CCCC3)c2)ccc1Br. The number of rotatable bonds is 3. The summed E-state index contributed by atoms with van der Waals surface area (Å²) in [5.41, 5.74) is 3.49. The van der Waals surface area contributed by atoms with Crippen molar-refractivity contribution in [3.63, 3.8) is 0 Å². The molecule has 4 nitrogen and oxygen atoms in total. The second-order valence-electron chi connectivity index (χ2n) is 5.54. The number of carbonyl (C=O) groups is 1. The molecule has 0 unspecified atom stereocenters. The summed E-state index contributed by atoms with van der Waals surface area (Å²) in [6.07, 6.45) is 5.84. The first-order chi connectivity index (χ1) is 10.6. The summed E-state index contributed by atoms with van der Waals surface area (Å²) in [5.74, 6) is -0.129. The number of pyridine rings is 1. The van der Waals surface area contributed by atoms with Crippen molar-refractivity contribution in [2.45, 2.75) is 19.8 Å². The highest BCUT2D eigenvalue weighted by Gasteiger charge is 2.15. The van der Waals surface area contributed by atoms with Crippen LogP contribution in [0.1, 0.15) is 28.8 Å². The van der Waals surface area contributed by atoms with Crippen molar-refractivity contribution in [2.24, 2.45) is 0 Å². The van der Waals surface area contributed by atoms with Crippen LogP contribution in [0.15, 0.2) is 41.1 Å². The summed E-state index contributed by atoms with van der Waals surface area (Å²) in [5, 5.41) is 2.93. The summed E-state index contributed by atoms with van der Waals surface area (Å²) in [7, 11) is 0. The number of aromatic nitrogens is 1. The van der Waals surface area contributed by atoms with Crippen LogP contribution >= 0.6 is 15.9 Å². The molecule has 0 radical (unpaired) electrons. The van der Waals surface area contributed by atoms with E-state index in [1.54, 1.807) is 6.20 Å². The van der Waals surface area contributed by atoms with Crippen LogP contribution in [0.25, 0.3) is 0 Å². The zero-order chi connectivity index (χ0) is 15.5. The Labute approximate surface area is 138 Å². The van der Waals surface area contributed by atoms with Gasteiger partial charge in [-0.25, -0.2) is 0 Å². The number of nitrogens with one attached hydrogen (secondary N) is 1. The molecular formula is C17H18BrN3O. The Morgan fingerprint density at radius 2 is 2.00 bits per heavy atom. The third-order valence-corrected chi connectivity index (χ3v) is 4.76. The first-order valence-electron chi connectivity index (χ1n) is 7.41. The maximum Gasteiger partial charge on any atom is 0.257 e. The predicted octanol–water partition coefficient (Wildman–Crippen LogP) is 4.01. The minimum atomic E-state index is -0.129. The summed E-state index contributed by atoms with van der Waals surface area (Å²) in [6, 6.07) is 7.68. The summed E-state index contributed by atoms with van der Waals surface area (Å²) in [4.78, 5) is 18.9. The third-order valence-electron chi connectivity index (χ3n) is 3.87. The largest absolute Gasteiger partial charge is 0.370 e. The summed E-state index contributed by atoms with van der Waals surface area (Å²) in [6.45, 7) is 4.08. The predicted molar refractivity (Wildman–Crippen MR) is 92.5 cm³/mol. The molecule has 0 spiro atoms.